The number of carbonyl (C=O) groups excluding carboxylic acids is 1. The molecule has 1 saturated heterocycles. The number of hydrogen-bond acceptors (Lipinski definition) is 3. The van der Waals surface area contributed by atoms with Gasteiger partial charge in [0.2, 0.25) is 0 Å². The van der Waals surface area contributed by atoms with Crippen molar-refractivity contribution in [3.63, 3.8) is 0 Å². The van der Waals surface area contributed by atoms with Crippen LogP contribution < -0.4 is 5.32 Å². The highest BCUT2D eigenvalue weighted by Gasteiger charge is 2.19. The van der Waals surface area contributed by atoms with E-state index in [0.717, 1.165) is 25.3 Å². The van der Waals surface area contributed by atoms with E-state index in [4.69, 9.17) is 5.11 Å². The molecule has 102 valence electrons. The number of urea groups is 1. The van der Waals surface area contributed by atoms with Gasteiger partial charge >= 0.3 is 12.0 Å². The molecule has 1 heterocycles. The van der Waals surface area contributed by atoms with Crippen molar-refractivity contribution in [2.75, 3.05) is 18.4 Å². The number of piperidine rings is 1. The van der Waals surface area contributed by atoms with Gasteiger partial charge in [-0.1, -0.05) is 0 Å². The van der Waals surface area contributed by atoms with E-state index in [-0.39, 0.29) is 23.0 Å². The molecule has 6 nitrogen and oxygen atoms in total. The summed E-state index contributed by atoms with van der Waals surface area (Å²) in [6.45, 7) is 1.37. The Hall–Kier alpha value is -2.24. The van der Waals surface area contributed by atoms with Gasteiger partial charge < -0.3 is 20.4 Å². The van der Waals surface area contributed by atoms with Crippen molar-refractivity contribution in [1.29, 1.82) is 0 Å². The number of carbonyl (C=O) groups is 2. The summed E-state index contributed by atoms with van der Waals surface area (Å²) in [7, 11) is 0. The fraction of sp³-hybridized carbons (Fsp3) is 0.385. The Morgan fingerprint density at radius 1 is 1.16 bits per heavy atom. The number of likely N-dealkylation sites (tertiary alicyclic amines) is 1. The smallest absolute Gasteiger partial charge is 0.337 e. The first kappa shape index (κ1) is 13.2. The summed E-state index contributed by atoms with van der Waals surface area (Å²) in [5.41, 5.74) is 0.0752. The van der Waals surface area contributed by atoms with Crippen LogP contribution in [0.4, 0.5) is 10.5 Å². The van der Waals surface area contributed by atoms with Gasteiger partial charge in [0, 0.05) is 13.1 Å². The van der Waals surface area contributed by atoms with E-state index in [1.165, 1.54) is 12.1 Å². The third kappa shape index (κ3) is 3.15. The quantitative estimate of drug-likeness (QED) is 0.713. The predicted octanol–water partition coefficient (Wildman–Crippen LogP) is 2.11. The first-order valence-electron chi connectivity index (χ1n) is 6.20. The van der Waals surface area contributed by atoms with Crippen molar-refractivity contribution in [2.24, 2.45) is 0 Å². The zero-order valence-electron chi connectivity index (χ0n) is 10.4. The number of carboxylic acid groups (broad SMARTS) is 1. The number of aromatic hydroxyl groups is 1. The Bertz CT molecular complexity index is 495. The lowest BCUT2D eigenvalue weighted by Gasteiger charge is -2.27. The number of phenols is 1. The lowest BCUT2D eigenvalue weighted by Crippen LogP contribution is -2.38. The molecule has 1 aromatic carbocycles. The number of hydrogen-bond donors (Lipinski definition) is 3. The van der Waals surface area contributed by atoms with Crippen molar-refractivity contribution >= 4 is 17.7 Å². The Kier molecular flexibility index (Phi) is 3.89. The fourth-order valence-corrected chi connectivity index (χ4v) is 2.11. The molecule has 0 spiro atoms. The van der Waals surface area contributed by atoms with E-state index in [1.807, 2.05) is 0 Å². The van der Waals surface area contributed by atoms with E-state index in [9.17, 15) is 14.7 Å². The molecule has 2 amide bonds. The summed E-state index contributed by atoms with van der Waals surface area (Å²) in [6, 6.07) is 3.56. The van der Waals surface area contributed by atoms with Crippen LogP contribution in [0.25, 0.3) is 0 Å². The normalized spacial score (nSPS) is 15.1. The number of benzene rings is 1. The topological polar surface area (TPSA) is 89.9 Å². The largest absolute Gasteiger partial charge is 0.508 e. The number of amides is 2. The van der Waals surface area contributed by atoms with E-state index < -0.39 is 5.97 Å². The Morgan fingerprint density at radius 2 is 1.84 bits per heavy atom. The van der Waals surface area contributed by atoms with Gasteiger partial charge in [-0.2, -0.15) is 0 Å². The summed E-state index contributed by atoms with van der Waals surface area (Å²) >= 11 is 0. The minimum atomic E-state index is -1.19. The van der Waals surface area contributed by atoms with Gasteiger partial charge in [0.05, 0.1) is 11.3 Å². The average molecular weight is 264 g/mol. The van der Waals surface area contributed by atoms with E-state index >= 15 is 0 Å². The number of rotatable bonds is 2. The summed E-state index contributed by atoms with van der Waals surface area (Å²) in [4.78, 5) is 24.7. The minimum absolute atomic E-state index is 0.120. The molecule has 6 heteroatoms. The molecule has 0 aromatic heterocycles. The monoisotopic (exact) mass is 264 g/mol. The van der Waals surface area contributed by atoms with Crippen LogP contribution in [-0.2, 0) is 0 Å². The highest BCUT2D eigenvalue weighted by molar-refractivity contribution is 6.00. The van der Waals surface area contributed by atoms with Crippen LogP contribution in [0.5, 0.6) is 5.75 Å². The molecule has 1 fully saturated rings. The van der Waals surface area contributed by atoms with Crippen molar-refractivity contribution in [3.8, 4) is 5.75 Å². The van der Waals surface area contributed by atoms with E-state index in [0.29, 0.717) is 13.1 Å². The van der Waals surface area contributed by atoms with Crippen molar-refractivity contribution in [2.45, 2.75) is 19.3 Å². The van der Waals surface area contributed by atoms with Crippen molar-refractivity contribution in [3.05, 3.63) is 23.8 Å². The molecule has 0 atom stereocenters. The summed E-state index contributed by atoms with van der Waals surface area (Å²) in [5.74, 6) is -1.33. The second-order valence-electron chi connectivity index (χ2n) is 4.51. The molecule has 0 bridgehead atoms. The van der Waals surface area contributed by atoms with Crippen LogP contribution >= 0.6 is 0 Å². The second kappa shape index (κ2) is 5.60. The lowest BCUT2D eigenvalue weighted by atomic mass is 10.1. The number of anilines is 1. The Labute approximate surface area is 110 Å². The van der Waals surface area contributed by atoms with Crippen molar-refractivity contribution < 1.29 is 19.8 Å². The molecular formula is C13H16N2O4. The third-order valence-corrected chi connectivity index (χ3v) is 3.12. The summed E-state index contributed by atoms with van der Waals surface area (Å²) < 4.78 is 0. The molecule has 1 aliphatic heterocycles. The number of nitrogens with one attached hydrogen (secondary N) is 1. The number of phenolic OH excluding ortho intramolecular Hbond substituents is 1. The van der Waals surface area contributed by atoms with Gasteiger partial charge in [0.1, 0.15) is 5.75 Å². The SMILES string of the molecule is O=C(O)c1cc(O)ccc1NC(=O)N1CCCCC1. The van der Waals surface area contributed by atoms with Gasteiger partial charge in [-0.3, -0.25) is 0 Å². The highest BCUT2D eigenvalue weighted by Crippen LogP contribution is 2.22. The minimum Gasteiger partial charge on any atom is -0.508 e. The first-order chi connectivity index (χ1) is 9.08. The molecule has 0 aliphatic carbocycles. The van der Waals surface area contributed by atoms with E-state index in [2.05, 4.69) is 5.32 Å². The summed E-state index contributed by atoms with van der Waals surface area (Å²) in [6.07, 6.45) is 3.05. The van der Waals surface area contributed by atoms with Crippen LogP contribution in [0.3, 0.4) is 0 Å². The maximum atomic E-state index is 12.0. The molecule has 1 aliphatic rings. The second-order valence-corrected chi connectivity index (χ2v) is 4.51. The number of nitrogens with zero attached hydrogens (tertiary/aromatic N) is 1. The standard InChI is InChI=1S/C13H16N2O4/c16-9-4-5-11(10(8-9)12(17)18)14-13(19)15-6-2-1-3-7-15/h4-5,8,16H,1-3,6-7H2,(H,14,19)(H,17,18). The lowest BCUT2D eigenvalue weighted by molar-refractivity contribution is 0.0697. The van der Waals surface area contributed by atoms with Crippen LogP contribution in [0.2, 0.25) is 0 Å². The zero-order chi connectivity index (χ0) is 13.8. The third-order valence-electron chi connectivity index (χ3n) is 3.12. The number of carboxylic acids is 1. The maximum Gasteiger partial charge on any atom is 0.337 e. The summed E-state index contributed by atoms with van der Waals surface area (Å²) in [5, 5.41) is 20.9. The van der Waals surface area contributed by atoms with Gasteiger partial charge in [0.15, 0.2) is 0 Å². The predicted molar refractivity (Wildman–Crippen MR) is 69.5 cm³/mol. The average Bonchev–Trinajstić information content (AvgIpc) is 2.41. The van der Waals surface area contributed by atoms with Crippen LogP contribution in [0.1, 0.15) is 29.6 Å². The van der Waals surface area contributed by atoms with Crippen LogP contribution in [-0.4, -0.2) is 40.2 Å². The van der Waals surface area contributed by atoms with Gasteiger partial charge in [-0.05, 0) is 37.5 Å². The Balaban J connectivity index is 2.13. The molecule has 0 unspecified atom stereocenters. The number of aromatic carboxylic acids is 1. The fourth-order valence-electron chi connectivity index (χ4n) is 2.11. The first-order valence-corrected chi connectivity index (χ1v) is 6.20. The van der Waals surface area contributed by atoms with Crippen LogP contribution in [0, 0.1) is 0 Å². The zero-order valence-corrected chi connectivity index (χ0v) is 10.4. The van der Waals surface area contributed by atoms with Gasteiger partial charge in [-0.15, -0.1) is 0 Å². The molecule has 0 saturated carbocycles. The van der Waals surface area contributed by atoms with Gasteiger partial charge in [-0.25, -0.2) is 9.59 Å². The van der Waals surface area contributed by atoms with Gasteiger partial charge in [0.25, 0.3) is 0 Å². The molecule has 1 aromatic rings. The van der Waals surface area contributed by atoms with E-state index in [1.54, 1.807) is 4.90 Å². The highest BCUT2D eigenvalue weighted by atomic mass is 16.4. The molecule has 19 heavy (non-hydrogen) atoms. The molecule has 3 N–H and O–H groups in total. The molecule has 0 radical (unpaired) electrons. The molecular weight excluding hydrogens is 248 g/mol. The molecule has 2 rings (SSSR count). The van der Waals surface area contributed by atoms with Crippen molar-refractivity contribution in [1.82, 2.24) is 4.90 Å². The van der Waals surface area contributed by atoms with Crippen LogP contribution in [0.15, 0.2) is 18.2 Å². The Morgan fingerprint density at radius 3 is 2.47 bits per heavy atom. The maximum absolute atomic E-state index is 12.0.